The Morgan fingerprint density at radius 1 is 0.933 bits per heavy atom. The Hall–Kier alpha value is -3.27. The van der Waals surface area contributed by atoms with Gasteiger partial charge in [0.1, 0.15) is 17.5 Å². The summed E-state index contributed by atoms with van der Waals surface area (Å²) in [5.41, 5.74) is 0.190. The van der Waals surface area contributed by atoms with E-state index in [1.165, 1.54) is 36.4 Å². The summed E-state index contributed by atoms with van der Waals surface area (Å²) in [5.74, 6) is -1.49. The molecule has 0 aliphatic heterocycles. The quantitative estimate of drug-likeness (QED) is 0.533. The van der Waals surface area contributed by atoms with Crippen molar-refractivity contribution in [3.63, 3.8) is 0 Å². The highest BCUT2D eigenvalue weighted by Gasteiger charge is 2.17. The summed E-state index contributed by atoms with van der Waals surface area (Å²) in [6.45, 7) is 2.33. The molecule has 0 saturated heterocycles. The molecule has 3 rings (SSSR count). The van der Waals surface area contributed by atoms with Crippen molar-refractivity contribution in [2.45, 2.75) is 25.0 Å². The first-order chi connectivity index (χ1) is 14.5. The summed E-state index contributed by atoms with van der Waals surface area (Å²) in [5, 5.41) is 13.5. The minimum Gasteiger partial charge on any atom is -0.323 e. The van der Waals surface area contributed by atoms with Crippen LogP contribution in [-0.4, -0.2) is 32.3 Å². The van der Waals surface area contributed by atoms with Crippen molar-refractivity contribution < 1.29 is 18.4 Å². The zero-order valence-electron chi connectivity index (χ0n) is 16.1. The fraction of sp³-hybridized carbons (Fsp3) is 0.200. The minimum atomic E-state index is -0.528. The van der Waals surface area contributed by atoms with Crippen LogP contribution in [0.5, 0.6) is 0 Å². The third-order valence-electron chi connectivity index (χ3n) is 4.06. The lowest BCUT2D eigenvalue weighted by atomic mass is 10.3. The highest BCUT2D eigenvalue weighted by atomic mass is 32.2. The van der Waals surface area contributed by atoms with E-state index in [1.807, 2.05) is 6.92 Å². The van der Waals surface area contributed by atoms with Crippen molar-refractivity contribution in [3.8, 4) is 0 Å². The first kappa shape index (κ1) is 21.4. The van der Waals surface area contributed by atoms with Crippen molar-refractivity contribution in [1.82, 2.24) is 14.8 Å². The second kappa shape index (κ2) is 9.97. The summed E-state index contributed by atoms with van der Waals surface area (Å²) in [4.78, 5) is 24.3. The molecule has 2 aromatic carbocycles. The second-order valence-electron chi connectivity index (χ2n) is 6.16. The van der Waals surface area contributed by atoms with Crippen LogP contribution >= 0.6 is 11.8 Å². The third kappa shape index (κ3) is 5.41. The van der Waals surface area contributed by atoms with Gasteiger partial charge in [-0.3, -0.25) is 9.59 Å². The SMILES string of the molecule is CCn1c(CC(=O)Nc2ccccc2F)nnc1SCC(=O)Nc1ccccc1F. The van der Waals surface area contributed by atoms with Gasteiger partial charge in [-0.2, -0.15) is 0 Å². The number of para-hydroxylation sites is 2. The molecule has 3 aromatic rings. The molecule has 0 fully saturated rings. The number of hydrogen-bond donors (Lipinski definition) is 2. The molecule has 0 saturated carbocycles. The molecule has 2 amide bonds. The van der Waals surface area contributed by atoms with Gasteiger partial charge in [-0.25, -0.2) is 8.78 Å². The number of carbonyl (C=O) groups excluding carboxylic acids is 2. The Kier molecular flexibility index (Phi) is 7.12. The number of amides is 2. The van der Waals surface area contributed by atoms with Crippen LogP contribution < -0.4 is 10.6 Å². The van der Waals surface area contributed by atoms with Crippen LogP contribution in [0, 0.1) is 11.6 Å². The topological polar surface area (TPSA) is 88.9 Å². The maximum atomic E-state index is 13.7. The van der Waals surface area contributed by atoms with Gasteiger partial charge in [0.2, 0.25) is 11.8 Å². The molecule has 0 aliphatic carbocycles. The first-order valence-electron chi connectivity index (χ1n) is 9.11. The van der Waals surface area contributed by atoms with Crippen molar-refractivity contribution in [3.05, 3.63) is 66.0 Å². The Labute approximate surface area is 175 Å². The minimum absolute atomic E-state index is 0.00606. The highest BCUT2D eigenvalue weighted by Crippen LogP contribution is 2.19. The summed E-state index contributed by atoms with van der Waals surface area (Å²) in [6, 6.07) is 11.8. The lowest BCUT2D eigenvalue weighted by Crippen LogP contribution is -2.18. The number of rotatable bonds is 8. The largest absolute Gasteiger partial charge is 0.323 e. The van der Waals surface area contributed by atoms with E-state index in [4.69, 9.17) is 0 Å². The zero-order chi connectivity index (χ0) is 21.5. The van der Waals surface area contributed by atoms with Gasteiger partial charge in [0.15, 0.2) is 5.16 Å². The van der Waals surface area contributed by atoms with Crippen molar-refractivity contribution >= 4 is 35.0 Å². The third-order valence-corrected chi connectivity index (χ3v) is 5.02. The first-order valence-corrected chi connectivity index (χ1v) is 10.1. The molecule has 0 bridgehead atoms. The van der Waals surface area contributed by atoms with Gasteiger partial charge in [-0.15, -0.1) is 10.2 Å². The standard InChI is InChI=1S/C20H19F2N5O2S/c1-2-27-17(11-18(28)23-15-9-5-3-7-13(15)21)25-26-20(27)30-12-19(29)24-16-10-6-4-8-14(16)22/h3-10H,2,11-12H2,1H3,(H,23,28)(H,24,29). The number of halogens is 2. The fourth-order valence-corrected chi connectivity index (χ4v) is 3.47. The average Bonchev–Trinajstić information content (AvgIpc) is 3.11. The van der Waals surface area contributed by atoms with Crippen molar-refractivity contribution in [1.29, 1.82) is 0 Å². The smallest absolute Gasteiger partial charge is 0.234 e. The van der Waals surface area contributed by atoms with Crippen LogP contribution in [0.2, 0.25) is 0 Å². The fourth-order valence-electron chi connectivity index (χ4n) is 2.65. The van der Waals surface area contributed by atoms with E-state index in [2.05, 4.69) is 20.8 Å². The number of thioether (sulfide) groups is 1. The van der Waals surface area contributed by atoms with E-state index in [0.29, 0.717) is 17.5 Å². The number of carbonyl (C=O) groups is 2. The molecule has 0 radical (unpaired) electrons. The van der Waals surface area contributed by atoms with Gasteiger partial charge in [0.25, 0.3) is 0 Å². The summed E-state index contributed by atoms with van der Waals surface area (Å²) >= 11 is 1.12. The molecule has 156 valence electrons. The lowest BCUT2D eigenvalue weighted by Gasteiger charge is -2.09. The second-order valence-corrected chi connectivity index (χ2v) is 7.11. The number of nitrogens with zero attached hydrogens (tertiary/aromatic N) is 3. The zero-order valence-corrected chi connectivity index (χ0v) is 16.9. The number of hydrogen-bond acceptors (Lipinski definition) is 5. The maximum Gasteiger partial charge on any atom is 0.234 e. The molecule has 0 atom stereocenters. The van der Waals surface area contributed by atoms with Gasteiger partial charge in [0.05, 0.1) is 23.5 Å². The van der Waals surface area contributed by atoms with Gasteiger partial charge >= 0.3 is 0 Å². The normalized spacial score (nSPS) is 10.6. The van der Waals surface area contributed by atoms with E-state index in [-0.39, 0.29) is 23.5 Å². The number of nitrogens with one attached hydrogen (secondary N) is 2. The molecule has 0 unspecified atom stereocenters. The lowest BCUT2D eigenvalue weighted by molar-refractivity contribution is -0.116. The molecule has 10 heteroatoms. The van der Waals surface area contributed by atoms with Gasteiger partial charge < -0.3 is 15.2 Å². The molecular weight excluding hydrogens is 412 g/mol. The predicted molar refractivity (Wildman–Crippen MR) is 110 cm³/mol. The van der Waals surface area contributed by atoms with Gasteiger partial charge in [-0.05, 0) is 31.2 Å². The van der Waals surface area contributed by atoms with Gasteiger partial charge in [-0.1, -0.05) is 36.0 Å². The molecule has 0 spiro atoms. The monoisotopic (exact) mass is 431 g/mol. The number of anilines is 2. The van der Waals surface area contributed by atoms with Crippen molar-refractivity contribution in [2.75, 3.05) is 16.4 Å². The van der Waals surface area contributed by atoms with Crippen LogP contribution in [0.25, 0.3) is 0 Å². The Balaban J connectivity index is 1.60. The van der Waals surface area contributed by atoms with E-state index < -0.39 is 23.4 Å². The number of aromatic nitrogens is 3. The van der Waals surface area contributed by atoms with Crippen LogP contribution in [0.1, 0.15) is 12.7 Å². The Bertz CT molecular complexity index is 1060. The van der Waals surface area contributed by atoms with Crippen molar-refractivity contribution in [2.24, 2.45) is 0 Å². The van der Waals surface area contributed by atoms with E-state index >= 15 is 0 Å². The summed E-state index contributed by atoms with van der Waals surface area (Å²) in [7, 11) is 0. The van der Waals surface area contributed by atoms with Crippen LogP contribution in [-0.2, 0) is 22.6 Å². The molecule has 1 heterocycles. The molecular formula is C20H19F2N5O2S. The van der Waals surface area contributed by atoms with E-state index in [0.717, 1.165) is 11.8 Å². The molecule has 30 heavy (non-hydrogen) atoms. The molecule has 2 N–H and O–H groups in total. The highest BCUT2D eigenvalue weighted by molar-refractivity contribution is 7.99. The molecule has 0 aliphatic rings. The van der Waals surface area contributed by atoms with Crippen LogP contribution in [0.4, 0.5) is 20.2 Å². The summed E-state index contributed by atoms with van der Waals surface area (Å²) < 4.78 is 29.0. The van der Waals surface area contributed by atoms with Crippen LogP contribution in [0.3, 0.4) is 0 Å². The van der Waals surface area contributed by atoms with E-state index in [9.17, 15) is 18.4 Å². The van der Waals surface area contributed by atoms with Gasteiger partial charge in [0, 0.05) is 6.54 Å². The van der Waals surface area contributed by atoms with Crippen LogP contribution in [0.15, 0.2) is 53.7 Å². The summed E-state index contributed by atoms with van der Waals surface area (Å²) in [6.07, 6.45) is -0.100. The predicted octanol–water partition coefficient (Wildman–Crippen LogP) is 3.49. The molecule has 1 aromatic heterocycles. The maximum absolute atomic E-state index is 13.7. The van der Waals surface area contributed by atoms with E-state index in [1.54, 1.807) is 16.7 Å². The Morgan fingerprint density at radius 3 is 2.07 bits per heavy atom. The average molecular weight is 431 g/mol. The molecule has 7 nitrogen and oxygen atoms in total. The Morgan fingerprint density at radius 2 is 1.50 bits per heavy atom. The number of benzene rings is 2.